The predicted octanol–water partition coefficient (Wildman–Crippen LogP) is 2.96. The van der Waals surface area contributed by atoms with Crippen LogP contribution in [-0.4, -0.2) is 48.3 Å². The zero-order valence-corrected chi connectivity index (χ0v) is 16.3. The van der Waals surface area contributed by atoms with E-state index < -0.39 is 5.25 Å². The number of anilines is 2. The summed E-state index contributed by atoms with van der Waals surface area (Å²) in [5.41, 5.74) is 2.76. The van der Waals surface area contributed by atoms with Gasteiger partial charge in [-0.15, -0.1) is 11.8 Å². The molecule has 2 aliphatic heterocycles. The van der Waals surface area contributed by atoms with Crippen molar-refractivity contribution in [2.45, 2.75) is 23.1 Å². The van der Waals surface area contributed by atoms with Crippen molar-refractivity contribution < 1.29 is 14.3 Å². The van der Waals surface area contributed by atoms with Crippen LogP contribution in [0.2, 0.25) is 0 Å². The number of carbonyl (C=O) groups is 2. The van der Waals surface area contributed by atoms with Crippen molar-refractivity contribution >= 4 is 35.0 Å². The molecular weight excluding hydrogens is 374 g/mol. The summed E-state index contributed by atoms with van der Waals surface area (Å²) in [6.07, 6.45) is 0.139. The van der Waals surface area contributed by atoms with E-state index in [9.17, 15) is 9.59 Å². The van der Waals surface area contributed by atoms with Crippen LogP contribution < -0.4 is 10.6 Å². The van der Waals surface area contributed by atoms with Gasteiger partial charge in [0.25, 0.3) is 0 Å². The Hall–Kier alpha value is -2.35. The maximum absolute atomic E-state index is 12.4. The van der Waals surface area contributed by atoms with E-state index in [4.69, 9.17) is 4.74 Å². The van der Waals surface area contributed by atoms with Gasteiger partial charge in [-0.05, 0) is 29.8 Å². The standard InChI is InChI=1S/C21H23N3O3S/c25-20(13-19-21(26)23-17-3-1-2-4-18(17)28-19)22-16-7-5-15(6-8-16)14-24-9-11-27-12-10-24/h1-8,19H,9-14H2,(H,22,25)(H,23,26). The lowest BCUT2D eigenvalue weighted by Gasteiger charge is -2.26. The molecule has 146 valence electrons. The predicted molar refractivity (Wildman–Crippen MR) is 111 cm³/mol. The fourth-order valence-electron chi connectivity index (χ4n) is 3.32. The summed E-state index contributed by atoms with van der Waals surface area (Å²) in [4.78, 5) is 28.0. The van der Waals surface area contributed by atoms with E-state index in [2.05, 4.69) is 15.5 Å². The van der Waals surface area contributed by atoms with Crippen molar-refractivity contribution in [3.63, 3.8) is 0 Å². The fraction of sp³-hybridized carbons (Fsp3) is 0.333. The Bertz CT molecular complexity index is 850. The van der Waals surface area contributed by atoms with Crippen molar-refractivity contribution in [1.29, 1.82) is 0 Å². The summed E-state index contributed by atoms with van der Waals surface area (Å²) in [7, 11) is 0. The highest BCUT2D eigenvalue weighted by Gasteiger charge is 2.28. The maximum atomic E-state index is 12.4. The van der Waals surface area contributed by atoms with E-state index in [1.165, 1.54) is 17.3 Å². The maximum Gasteiger partial charge on any atom is 0.238 e. The molecule has 0 saturated carbocycles. The lowest BCUT2D eigenvalue weighted by Crippen LogP contribution is -2.35. The smallest absolute Gasteiger partial charge is 0.238 e. The van der Waals surface area contributed by atoms with Crippen LogP contribution in [0.25, 0.3) is 0 Å². The minimum Gasteiger partial charge on any atom is -0.379 e. The molecule has 7 heteroatoms. The highest BCUT2D eigenvalue weighted by molar-refractivity contribution is 8.01. The van der Waals surface area contributed by atoms with Crippen molar-refractivity contribution in [2.75, 3.05) is 36.9 Å². The molecule has 0 spiro atoms. The molecule has 2 N–H and O–H groups in total. The molecule has 6 nitrogen and oxygen atoms in total. The number of hydrogen-bond donors (Lipinski definition) is 2. The Morgan fingerprint density at radius 3 is 2.68 bits per heavy atom. The summed E-state index contributed by atoms with van der Waals surface area (Å²) in [5.74, 6) is -0.285. The van der Waals surface area contributed by atoms with Gasteiger partial charge in [0.2, 0.25) is 11.8 Å². The number of para-hydroxylation sites is 1. The van der Waals surface area contributed by atoms with Gasteiger partial charge in [-0.3, -0.25) is 14.5 Å². The van der Waals surface area contributed by atoms with E-state index in [0.29, 0.717) is 0 Å². The third kappa shape index (κ3) is 4.73. The topological polar surface area (TPSA) is 70.7 Å². The van der Waals surface area contributed by atoms with Crippen LogP contribution in [-0.2, 0) is 20.9 Å². The molecule has 1 unspecified atom stereocenters. The number of benzene rings is 2. The zero-order valence-electron chi connectivity index (χ0n) is 15.5. The Morgan fingerprint density at radius 2 is 1.89 bits per heavy atom. The number of amides is 2. The van der Waals surface area contributed by atoms with E-state index in [0.717, 1.165) is 49.1 Å². The lowest BCUT2D eigenvalue weighted by molar-refractivity contribution is -0.120. The molecule has 0 bridgehead atoms. The fourth-order valence-corrected chi connectivity index (χ4v) is 4.43. The summed E-state index contributed by atoms with van der Waals surface area (Å²) < 4.78 is 5.37. The van der Waals surface area contributed by atoms with E-state index in [1.54, 1.807) is 0 Å². The van der Waals surface area contributed by atoms with Crippen molar-refractivity contribution in [2.24, 2.45) is 0 Å². The van der Waals surface area contributed by atoms with Crippen molar-refractivity contribution in [3.8, 4) is 0 Å². The highest BCUT2D eigenvalue weighted by atomic mass is 32.2. The first-order valence-electron chi connectivity index (χ1n) is 9.43. The summed E-state index contributed by atoms with van der Waals surface area (Å²) in [6.45, 7) is 4.35. The number of morpholine rings is 1. The van der Waals surface area contributed by atoms with Crippen LogP contribution in [0.4, 0.5) is 11.4 Å². The molecule has 28 heavy (non-hydrogen) atoms. The number of thioether (sulfide) groups is 1. The molecule has 0 aliphatic carbocycles. The number of nitrogens with one attached hydrogen (secondary N) is 2. The summed E-state index contributed by atoms with van der Waals surface area (Å²) in [5, 5.41) is 5.35. The zero-order chi connectivity index (χ0) is 19.3. The quantitative estimate of drug-likeness (QED) is 0.812. The van der Waals surface area contributed by atoms with Crippen LogP contribution in [0.15, 0.2) is 53.4 Å². The van der Waals surface area contributed by atoms with Gasteiger partial charge in [0.05, 0.1) is 24.2 Å². The van der Waals surface area contributed by atoms with Crippen molar-refractivity contribution in [3.05, 3.63) is 54.1 Å². The SMILES string of the molecule is O=C(CC1Sc2ccccc2NC1=O)Nc1ccc(CN2CCOCC2)cc1. The first-order chi connectivity index (χ1) is 13.7. The molecular formula is C21H23N3O3S. The molecule has 1 saturated heterocycles. The van der Waals surface area contributed by atoms with Gasteiger partial charge in [0, 0.05) is 36.6 Å². The first kappa shape index (κ1) is 19.0. The summed E-state index contributed by atoms with van der Waals surface area (Å²) in [6, 6.07) is 15.5. The Morgan fingerprint density at radius 1 is 1.14 bits per heavy atom. The Balaban J connectivity index is 1.30. The molecule has 0 radical (unpaired) electrons. The van der Waals surface area contributed by atoms with Gasteiger partial charge in [0.1, 0.15) is 0 Å². The second kappa shape index (κ2) is 8.77. The van der Waals surface area contributed by atoms with Crippen LogP contribution in [0.1, 0.15) is 12.0 Å². The third-order valence-electron chi connectivity index (χ3n) is 4.82. The second-order valence-electron chi connectivity index (χ2n) is 6.93. The largest absolute Gasteiger partial charge is 0.379 e. The Kier molecular flexibility index (Phi) is 5.95. The minimum absolute atomic E-state index is 0.125. The van der Waals surface area contributed by atoms with Gasteiger partial charge in [-0.25, -0.2) is 0 Å². The first-order valence-corrected chi connectivity index (χ1v) is 10.3. The van der Waals surface area contributed by atoms with Crippen molar-refractivity contribution in [1.82, 2.24) is 4.90 Å². The molecule has 2 aromatic rings. The molecule has 2 aliphatic rings. The average Bonchev–Trinajstić information content (AvgIpc) is 2.71. The molecule has 0 aromatic heterocycles. The number of carbonyl (C=O) groups excluding carboxylic acids is 2. The van der Waals surface area contributed by atoms with E-state index in [-0.39, 0.29) is 18.2 Å². The van der Waals surface area contributed by atoms with Gasteiger partial charge in [-0.2, -0.15) is 0 Å². The average molecular weight is 398 g/mol. The van der Waals surface area contributed by atoms with Crippen LogP contribution >= 0.6 is 11.8 Å². The van der Waals surface area contributed by atoms with Gasteiger partial charge >= 0.3 is 0 Å². The van der Waals surface area contributed by atoms with E-state index >= 15 is 0 Å². The van der Waals surface area contributed by atoms with Gasteiger partial charge < -0.3 is 15.4 Å². The van der Waals surface area contributed by atoms with Gasteiger partial charge in [-0.1, -0.05) is 24.3 Å². The number of rotatable bonds is 5. The van der Waals surface area contributed by atoms with E-state index in [1.807, 2.05) is 48.5 Å². The molecule has 4 rings (SSSR count). The number of ether oxygens (including phenoxy) is 1. The lowest BCUT2D eigenvalue weighted by atomic mass is 10.1. The van der Waals surface area contributed by atoms with Crippen LogP contribution in [0, 0.1) is 0 Å². The normalized spacial score (nSPS) is 19.6. The molecule has 1 atom stereocenters. The highest BCUT2D eigenvalue weighted by Crippen LogP contribution is 2.36. The van der Waals surface area contributed by atoms with Crippen LogP contribution in [0.5, 0.6) is 0 Å². The second-order valence-corrected chi connectivity index (χ2v) is 8.17. The number of nitrogens with zero attached hydrogens (tertiary/aromatic N) is 1. The Labute approximate surface area is 168 Å². The molecule has 2 heterocycles. The molecule has 2 aromatic carbocycles. The third-order valence-corrected chi connectivity index (χ3v) is 6.10. The number of hydrogen-bond acceptors (Lipinski definition) is 5. The molecule has 1 fully saturated rings. The minimum atomic E-state index is -0.421. The molecule has 2 amide bonds. The van der Waals surface area contributed by atoms with Crippen LogP contribution in [0.3, 0.4) is 0 Å². The monoisotopic (exact) mass is 397 g/mol. The summed E-state index contributed by atoms with van der Waals surface area (Å²) >= 11 is 1.44. The number of fused-ring (bicyclic) bond motifs is 1. The van der Waals surface area contributed by atoms with Gasteiger partial charge in [0.15, 0.2) is 0 Å².